The third kappa shape index (κ3) is 5.57. The fraction of sp³-hybridized carbons (Fsp3) is 0.944. The van der Waals surface area contributed by atoms with Crippen molar-refractivity contribution in [3.63, 3.8) is 0 Å². The Hall–Kier alpha value is -0.370. The molecule has 2 heterocycles. The summed E-state index contributed by atoms with van der Waals surface area (Å²) in [6.45, 7) is 4.98. The topological polar surface area (TPSA) is 69.7 Å². The number of nitrogens with zero attached hydrogens (tertiary/aromatic N) is 2. The van der Waals surface area contributed by atoms with Crippen LogP contribution in [0.2, 0.25) is 0 Å². The fourth-order valence-electron chi connectivity index (χ4n) is 4.03. The first kappa shape index (κ1) is 21.9. The molecule has 0 spiro atoms. The van der Waals surface area contributed by atoms with Crippen LogP contribution in [0.4, 0.5) is 0 Å². The summed E-state index contributed by atoms with van der Waals surface area (Å²) < 4.78 is 26.6. The highest BCUT2D eigenvalue weighted by Gasteiger charge is 2.39. The summed E-state index contributed by atoms with van der Waals surface area (Å²) in [5.74, 6) is 1.04. The van der Waals surface area contributed by atoms with Crippen LogP contribution in [0.25, 0.3) is 0 Å². The van der Waals surface area contributed by atoms with Crippen molar-refractivity contribution in [2.24, 2.45) is 5.92 Å². The van der Waals surface area contributed by atoms with E-state index in [2.05, 4.69) is 5.32 Å². The van der Waals surface area contributed by atoms with Gasteiger partial charge in [-0.15, -0.1) is 12.4 Å². The van der Waals surface area contributed by atoms with E-state index in [4.69, 9.17) is 0 Å². The van der Waals surface area contributed by atoms with Crippen molar-refractivity contribution < 1.29 is 13.2 Å². The third-order valence-corrected chi connectivity index (χ3v) is 7.83. The normalized spacial score (nSPS) is 25.7. The molecular weight excluding hydrogens is 374 g/mol. The van der Waals surface area contributed by atoms with E-state index < -0.39 is 16.1 Å². The largest absolute Gasteiger partial charge is 0.341 e. The van der Waals surface area contributed by atoms with Gasteiger partial charge in [0.1, 0.15) is 6.04 Å². The number of carbonyl (C=O) groups excluding carboxylic acids is 1. The zero-order chi connectivity index (χ0) is 17.9. The van der Waals surface area contributed by atoms with Crippen LogP contribution in [0, 0.1) is 5.92 Å². The van der Waals surface area contributed by atoms with E-state index in [1.54, 1.807) is 0 Å². The van der Waals surface area contributed by atoms with Crippen molar-refractivity contribution in [2.75, 3.05) is 31.9 Å². The van der Waals surface area contributed by atoms with Gasteiger partial charge in [-0.25, -0.2) is 8.42 Å². The summed E-state index contributed by atoms with van der Waals surface area (Å²) in [6.07, 6.45) is 7.73. The molecule has 152 valence electrons. The number of piperidine rings is 2. The number of amides is 1. The van der Waals surface area contributed by atoms with E-state index in [1.165, 1.54) is 17.1 Å². The summed E-state index contributed by atoms with van der Waals surface area (Å²) >= 11 is 0. The predicted molar refractivity (Wildman–Crippen MR) is 106 cm³/mol. The highest BCUT2D eigenvalue weighted by Crippen LogP contribution is 2.28. The molecule has 2 aliphatic heterocycles. The van der Waals surface area contributed by atoms with Crippen LogP contribution in [-0.4, -0.2) is 67.5 Å². The number of likely N-dealkylation sites (tertiary alicyclic amines) is 1. The van der Waals surface area contributed by atoms with E-state index in [0.717, 1.165) is 51.2 Å². The van der Waals surface area contributed by atoms with E-state index in [-0.39, 0.29) is 24.1 Å². The predicted octanol–water partition coefficient (Wildman–Crippen LogP) is 1.99. The molecule has 3 fully saturated rings. The Balaban J connectivity index is 0.00000243. The molecule has 2 saturated heterocycles. The second kappa shape index (κ2) is 9.71. The molecule has 1 atom stereocenters. The molecule has 1 aliphatic carbocycles. The van der Waals surface area contributed by atoms with Gasteiger partial charge >= 0.3 is 0 Å². The molecule has 8 heteroatoms. The van der Waals surface area contributed by atoms with Gasteiger partial charge in [0.2, 0.25) is 15.9 Å². The number of carbonyl (C=O) groups is 1. The van der Waals surface area contributed by atoms with Crippen LogP contribution in [0.3, 0.4) is 0 Å². The Labute approximate surface area is 164 Å². The van der Waals surface area contributed by atoms with Gasteiger partial charge in [-0.2, -0.15) is 4.31 Å². The average molecular weight is 408 g/mol. The van der Waals surface area contributed by atoms with Gasteiger partial charge < -0.3 is 10.2 Å². The number of rotatable bonds is 7. The molecule has 0 aromatic carbocycles. The Morgan fingerprint density at radius 1 is 1.04 bits per heavy atom. The van der Waals surface area contributed by atoms with Gasteiger partial charge in [0, 0.05) is 25.7 Å². The molecule has 0 aromatic rings. The highest BCUT2D eigenvalue weighted by atomic mass is 35.5. The minimum Gasteiger partial charge on any atom is -0.341 e. The molecule has 1 N–H and O–H groups in total. The average Bonchev–Trinajstić information content (AvgIpc) is 3.44. The first-order valence-electron chi connectivity index (χ1n) is 10.0. The molecule has 0 bridgehead atoms. The van der Waals surface area contributed by atoms with Crippen LogP contribution in [0.5, 0.6) is 0 Å². The lowest BCUT2D eigenvalue weighted by Crippen LogP contribution is -2.55. The van der Waals surface area contributed by atoms with Gasteiger partial charge in [-0.05, 0) is 57.4 Å². The smallest absolute Gasteiger partial charge is 0.241 e. The van der Waals surface area contributed by atoms with Gasteiger partial charge in [0.25, 0.3) is 0 Å². The maximum atomic E-state index is 13.0. The zero-order valence-electron chi connectivity index (χ0n) is 15.9. The van der Waals surface area contributed by atoms with Crippen LogP contribution < -0.4 is 5.32 Å². The highest BCUT2D eigenvalue weighted by molar-refractivity contribution is 7.89. The van der Waals surface area contributed by atoms with Crippen molar-refractivity contribution in [1.82, 2.24) is 14.5 Å². The summed E-state index contributed by atoms with van der Waals surface area (Å²) in [4.78, 5) is 14.9. The maximum Gasteiger partial charge on any atom is 0.241 e. The Bertz CT molecular complexity index is 560. The van der Waals surface area contributed by atoms with Crippen LogP contribution in [-0.2, 0) is 14.8 Å². The lowest BCUT2D eigenvalue weighted by atomic mass is 10.0. The molecule has 1 amide bonds. The second-order valence-electron chi connectivity index (χ2n) is 7.89. The molecular formula is C18H34ClN3O3S. The Kier molecular flexibility index (Phi) is 8.19. The number of hydrogen-bond acceptors (Lipinski definition) is 4. The number of nitrogens with one attached hydrogen (secondary N) is 1. The minimum atomic E-state index is -3.31. The number of halogens is 1. The monoisotopic (exact) mass is 407 g/mol. The molecule has 3 rings (SSSR count). The van der Waals surface area contributed by atoms with Crippen molar-refractivity contribution in [1.29, 1.82) is 0 Å². The molecule has 26 heavy (non-hydrogen) atoms. The maximum absolute atomic E-state index is 13.0. The van der Waals surface area contributed by atoms with Crippen molar-refractivity contribution in [3.05, 3.63) is 0 Å². The lowest BCUT2D eigenvalue weighted by molar-refractivity contribution is -0.137. The molecule has 3 aliphatic rings. The zero-order valence-corrected chi connectivity index (χ0v) is 17.5. The van der Waals surface area contributed by atoms with Crippen molar-refractivity contribution in [2.45, 2.75) is 70.4 Å². The van der Waals surface area contributed by atoms with Crippen LogP contribution >= 0.6 is 12.4 Å². The van der Waals surface area contributed by atoms with E-state index >= 15 is 0 Å². The van der Waals surface area contributed by atoms with E-state index in [0.29, 0.717) is 25.4 Å². The number of hydrogen-bond donors (Lipinski definition) is 1. The van der Waals surface area contributed by atoms with Crippen LogP contribution in [0.1, 0.15) is 58.3 Å². The molecule has 1 unspecified atom stereocenters. The summed E-state index contributed by atoms with van der Waals surface area (Å²) in [5, 5.41) is 3.63. The summed E-state index contributed by atoms with van der Waals surface area (Å²) in [6, 6.07) is 0.0391. The van der Waals surface area contributed by atoms with E-state index in [1.807, 2.05) is 11.8 Å². The van der Waals surface area contributed by atoms with E-state index in [9.17, 15) is 13.2 Å². The first-order valence-corrected chi connectivity index (χ1v) is 11.6. The lowest BCUT2D eigenvalue weighted by Gasteiger charge is -2.39. The van der Waals surface area contributed by atoms with Gasteiger partial charge in [0.15, 0.2) is 0 Å². The van der Waals surface area contributed by atoms with Crippen molar-refractivity contribution in [3.8, 4) is 0 Å². The van der Waals surface area contributed by atoms with Gasteiger partial charge in [0.05, 0.1) is 5.75 Å². The SMILES string of the molecule is CCCS(=O)(=O)N1CCCCC1C(=O)N1CCC(NCC2CC2)CC1.Cl. The van der Waals surface area contributed by atoms with Crippen molar-refractivity contribution >= 4 is 28.3 Å². The number of sulfonamides is 1. The minimum absolute atomic E-state index is 0. The van der Waals surface area contributed by atoms with Crippen LogP contribution in [0.15, 0.2) is 0 Å². The Morgan fingerprint density at radius 3 is 2.35 bits per heavy atom. The quantitative estimate of drug-likeness (QED) is 0.700. The third-order valence-electron chi connectivity index (χ3n) is 5.76. The van der Waals surface area contributed by atoms with Gasteiger partial charge in [-0.3, -0.25) is 4.79 Å². The fourth-order valence-corrected chi connectivity index (χ4v) is 5.77. The summed E-state index contributed by atoms with van der Waals surface area (Å²) in [5.41, 5.74) is 0. The second-order valence-corrected chi connectivity index (χ2v) is 9.93. The Morgan fingerprint density at radius 2 is 1.73 bits per heavy atom. The van der Waals surface area contributed by atoms with Gasteiger partial charge in [-0.1, -0.05) is 13.3 Å². The molecule has 6 nitrogen and oxygen atoms in total. The first-order chi connectivity index (χ1) is 12.0. The molecule has 1 saturated carbocycles. The molecule has 0 aromatic heterocycles. The summed E-state index contributed by atoms with van der Waals surface area (Å²) in [7, 11) is -3.31. The standard InChI is InChI=1S/C18H33N3O3S.ClH/c1-2-13-25(23,24)21-10-4-3-5-17(21)18(22)20-11-8-16(9-12-20)19-14-15-6-7-15;/h15-17,19H,2-14H2,1H3;1H. The molecule has 0 radical (unpaired) electrons.